The van der Waals surface area contributed by atoms with Gasteiger partial charge in [-0.25, -0.2) is 4.79 Å². The van der Waals surface area contributed by atoms with Gasteiger partial charge in [0, 0.05) is 5.92 Å². The standard InChI is InChI=1S/C21H22ClNO3/c1-3-13(2)19(20(22)24)23-21(25)26-12-18-16-10-6-4-8-14(16)15-9-5-7-11-17(15)18/h4-11,13,18-19H,3,12H2,1-2H3,(H,23,25)/t13-,19-/m0/s1. The second-order valence-electron chi connectivity index (χ2n) is 6.64. The number of alkyl carbamates (subject to hydrolysis) is 1. The van der Waals surface area contributed by atoms with Gasteiger partial charge in [0.2, 0.25) is 5.24 Å². The van der Waals surface area contributed by atoms with Crippen LogP contribution in [0.2, 0.25) is 0 Å². The molecule has 0 spiro atoms. The quantitative estimate of drug-likeness (QED) is 0.748. The fraction of sp³-hybridized carbons (Fsp3) is 0.333. The van der Waals surface area contributed by atoms with Gasteiger partial charge in [-0.2, -0.15) is 0 Å². The maximum absolute atomic E-state index is 12.2. The molecule has 0 aliphatic heterocycles. The average molecular weight is 372 g/mol. The van der Waals surface area contributed by atoms with E-state index in [0.29, 0.717) is 0 Å². The Morgan fingerprint density at radius 2 is 1.62 bits per heavy atom. The summed E-state index contributed by atoms with van der Waals surface area (Å²) in [7, 11) is 0. The number of benzene rings is 2. The minimum atomic E-state index is -0.739. The molecule has 0 radical (unpaired) electrons. The van der Waals surface area contributed by atoms with Gasteiger partial charge in [0.05, 0.1) is 0 Å². The maximum atomic E-state index is 12.2. The van der Waals surface area contributed by atoms with E-state index in [0.717, 1.165) is 17.5 Å². The van der Waals surface area contributed by atoms with Gasteiger partial charge in [-0.15, -0.1) is 0 Å². The molecular weight excluding hydrogens is 350 g/mol. The van der Waals surface area contributed by atoms with Gasteiger partial charge in [-0.3, -0.25) is 4.79 Å². The van der Waals surface area contributed by atoms with Crippen molar-refractivity contribution in [1.82, 2.24) is 5.32 Å². The molecule has 26 heavy (non-hydrogen) atoms. The summed E-state index contributed by atoms with van der Waals surface area (Å²) < 4.78 is 5.45. The number of nitrogens with one attached hydrogen (secondary N) is 1. The number of amides is 1. The molecule has 0 fully saturated rings. The summed E-state index contributed by atoms with van der Waals surface area (Å²) in [5, 5.41) is 2.02. The van der Waals surface area contributed by atoms with Crippen LogP contribution in [0.4, 0.5) is 4.79 Å². The van der Waals surface area contributed by atoms with Crippen LogP contribution >= 0.6 is 11.6 Å². The molecule has 0 saturated heterocycles. The molecule has 0 heterocycles. The van der Waals surface area contributed by atoms with Crippen molar-refractivity contribution >= 4 is 22.9 Å². The number of ether oxygens (including phenoxy) is 1. The van der Waals surface area contributed by atoms with Crippen LogP contribution in [0, 0.1) is 5.92 Å². The van der Waals surface area contributed by atoms with Crippen molar-refractivity contribution in [3.05, 3.63) is 59.7 Å². The number of hydrogen-bond donors (Lipinski definition) is 1. The third kappa shape index (κ3) is 3.61. The summed E-state index contributed by atoms with van der Waals surface area (Å²) in [6.07, 6.45) is 0.110. The Bertz CT molecular complexity index is 775. The van der Waals surface area contributed by atoms with E-state index in [1.54, 1.807) is 0 Å². The minimum Gasteiger partial charge on any atom is -0.449 e. The summed E-state index contributed by atoms with van der Waals surface area (Å²) >= 11 is 5.61. The number of carbonyl (C=O) groups is 2. The Balaban J connectivity index is 1.72. The SMILES string of the molecule is CC[C@H](C)[C@H](NC(=O)OCC1c2ccccc2-c2ccccc21)C(=O)Cl. The van der Waals surface area contributed by atoms with Crippen molar-refractivity contribution in [3.63, 3.8) is 0 Å². The van der Waals surface area contributed by atoms with E-state index in [1.807, 2.05) is 38.1 Å². The van der Waals surface area contributed by atoms with Gasteiger partial charge in [0.15, 0.2) is 0 Å². The van der Waals surface area contributed by atoms with E-state index in [9.17, 15) is 9.59 Å². The first-order chi connectivity index (χ1) is 12.5. The molecule has 0 saturated carbocycles. The largest absolute Gasteiger partial charge is 0.449 e. The zero-order chi connectivity index (χ0) is 18.7. The highest BCUT2D eigenvalue weighted by Gasteiger charge is 2.30. The van der Waals surface area contributed by atoms with E-state index < -0.39 is 17.4 Å². The van der Waals surface area contributed by atoms with Crippen LogP contribution in [0.5, 0.6) is 0 Å². The first-order valence-electron chi connectivity index (χ1n) is 8.83. The molecule has 4 nitrogen and oxygen atoms in total. The highest BCUT2D eigenvalue weighted by molar-refractivity contribution is 6.64. The molecule has 136 valence electrons. The van der Waals surface area contributed by atoms with Crippen LogP contribution in [0.15, 0.2) is 48.5 Å². The molecule has 1 aliphatic carbocycles. The second kappa shape index (κ2) is 7.92. The second-order valence-corrected chi connectivity index (χ2v) is 7.01. The predicted octanol–water partition coefficient (Wildman–Crippen LogP) is 4.71. The van der Waals surface area contributed by atoms with Crippen LogP contribution < -0.4 is 5.32 Å². The van der Waals surface area contributed by atoms with Crippen molar-refractivity contribution in [1.29, 1.82) is 0 Å². The molecule has 1 aliphatic rings. The van der Waals surface area contributed by atoms with Gasteiger partial charge < -0.3 is 10.1 Å². The number of halogens is 1. The zero-order valence-electron chi connectivity index (χ0n) is 14.9. The molecule has 3 rings (SSSR count). The zero-order valence-corrected chi connectivity index (χ0v) is 15.6. The monoisotopic (exact) mass is 371 g/mol. The molecule has 1 N–H and O–H groups in total. The van der Waals surface area contributed by atoms with Crippen LogP contribution in [0.1, 0.15) is 37.3 Å². The van der Waals surface area contributed by atoms with E-state index in [1.165, 1.54) is 11.1 Å². The first-order valence-corrected chi connectivity index (χ1v) is 9.21. The van der Waals surface area contributed by atoms with Crippen molar-refractivity contribution in [3.8, 4) is 11.1 Å². The number of hydrogen-bond acceptors (Lipinski definition) is 3. The summed E-state index contributed by atoms with van der Waals surface area (Å²) in [4.78, 5) is 23.8. The summed E-state index contributed by atoms with van der Waals surface area (Å²) in [6.45, 7) is 4.02. The fourth-order valence-corrected chi connectivity index (χ4v) is 3.70. The average Bonchev–Trinajstić information content (AvgIpc) is 2.97. The summed E-state index contributed by atoms with van der Waals surface area (Å²) in [5.74, 6) is -0.0672. The summed E-state index contributed by atoms with van der Waals surface area (Å²) in [5.41, 5.74) is 4.64. The van der Waals surface area contributed by atoms with Gasteiger partial charge in [0.25, 0.3) is 0 Å². The lowest BCUT2D eigenvalue weighted by molar-refractivity contribution is -0.114. The number of carbonyl (C=O) groups excluding carboxylic acids is 2. The van der Waals surface area contributed by atoms with Crippen molar-refractivity contribution < 1.29 is 14.3 Å². The van der Waals surface area contributed by atoms with Crippen LogP contribution in [0.25, 0.3) is 11.1 Å². The molecular formula is C21H22ClNO3. The molecule has 0 aromatic heterocycles. The molecule has 2 atom stereocenters. The number of fused-ring (bicyclic) bond motifs is 3. The van der Waals surface area contributed by atoms with E-state index in [2.05, 4.69) is 29.6 Å². The molecule has 5 heteroatoms. The Kier molecular flexibility index (Phi) is 5.62. The number of rotatable bonds is 6. The lowest BCUT2D eigenvalue weighted by Crippen LogP contribution is -2.43. The fourth-order valence-electron chi connectivity index (χ4n) is 3.43. The molecule has 0 bridgehead atoms. The third-order valence-electron chi connectivity index (χ3n) is 5.07. The predicted molar refractivity (Wildman–Crippen MR) is 102 cm³/mol. The minimum absolute atomic E-state index is 0.0121. The first kappa shape index (κ1) is 18.5. The van der Waals surface area contributed by atoms with E-state index in [-0.39, 0.29) is 18.4 Å². The Labute approximate surface area is 158 Å². The Morgan fingerprint density at radius 3 is 2.12 bits per heavy atom. The third-order valence-corrected chi connectivity index (χ3v) is 5.31. The highest BCUT2D eigenvalue weighted by Crippen LogP contribution is 2.44. The smallest absolute Gasteiger partial charge is 0.407 e. The van der Waals surface area contributed by atoms with E-state index in [4.69, 9.17) is 16.3 Å². The van der Waals surface area contributed by atoms with Crippen molar-refractivity contribution in [2.45, 2.75) is 32.2 Å². The normalized spacial score (nSPS) is 14.9. The maximum Gasteiger partial charge on any atom is 0.407 e. The molecule has 2 aromatic rings. The topological polar surface area (TPSA) is 55.4 Å². The van der Waals surface area contributed by atoms with Gasteiger partial charge in [-0.1, -0.05) is 68.8 Å². The molecule has 1 amide bonds. The van der Waals surface area contributed by atoms with Gasteiger partial charge in [0.1, 0.15) is 12.6 Å². The lowest BCUT2D eigenvalue weighted by atomic mass is 9.98. The summed E-state index contributed by atoms with van der Waals surface area (Å²) in [6, 6.07) is 15.5. The Morgan fingerprint density at radius 1 is 1.08 bits per heavy atom. The molecule has 0 unspecified atom stereocenters. The highest BCUT2D eigenvalue weighted by atomic mass is 35.5. The van der Waals surface area contributed by atoms with Crippen LogP contribution in [-0.4, -0.2) is 24.0 Å². The van der Waals surface area contributed by atoms with E-state index >= 15 is 0 Å². The van der Waals surface area contributed by atoms with Crippen LogP contribution in [0.3, 0.4) is 0 Å². The molecule has 2 aromatic carbocycles. The lowest BCUT2D eigenvalue weighted by Gasteiger charge is -2.21. The van der Waals surface area contributed by atoms with Crippen LogP contribution in [-0.2, 0) is 9.53 Å². The Hall–Kier alpha value is -2.33. The van der Waals surface area contributed by atoms with Crippen molar-refractivity contribution in [2.75, 3.05) is 6.61 Å². The van der Waals surface area contributed by atoms with Crippen molar-refractivity contribution in [2.24, 2.45) is 5.92 Å². The van der Waals surface area contributed by atoms with Gasteiger partial charge >= 0.3 is 6.09 Å². The van der Waals surface area contributed by atoms with Gasteiger partial charge in [-0.05, 0) is 39.8 Å².